The first-order chi connectivity index (χ1) is 12.7. The number of hydrogen-bond acceptors (Lipinski definition) is 2. The van der Waals surface area contributed by atoms with E-state index in [1.165, 1.54) is 16.7 Å². The highest BCUT2D eigenvalue weighted by Crippen LogP contribution is 2.27. The van der Waals surface area contributed by atoms with Crippen molar-refractivity contribution in [3.8, 4) is 0 Å². The van der Waals surface area contributed by atoms with E-state index in [9.17, 15) is 4.79 Å². The molecule has 26 heavy (non-hydrogen) atoms. The summed E-state index contributed by atoms with van der Waals surface area (Å²) in [7, 11) is 0. The number of carbonyl (C=O) groups excluding carboxylic acids is 1. The van der Waals surface area contributed by atoms with Gasteiger partial charge in [-0.15, -0.1) is 0 Å². The van der Waals surface area contributed by atoms with Gasteiger partial charge in [-0.2, -0.15) is 0 Å². The van der Waals surface area contributed by atoms with Crippen molar-refractivity contribution < 1.29 is 4.79 Å². The number of nitrogens with one attached hydrogen (secondary N) is 1. The maximum Gasteiger partial charge on any atom is 0.322 e. The van der Waals surface area contributed by atoms with Crippen molar-refractivity contribution in [2.45, 2.75) is 38.8 Å². The van der Waals surface area contributed by atoms with E-state index in [2.05, 4.69) is 47.5 Å². The Morgan fingerprint density at radius 1 is 1.08 bits per heavy atom. The van der Waals surface area contributed by atoms with Gasteiger partial charge in [0.25, 0.3) is 0 Å². The molecule has 0 saturated carbocycles. The Bertz CT molecular complexity index is 780. The van der Waals surface area contributed by atoms with Crippen molar-refractivity contribution in [2.24, 2.45) is 0 Å². The number of benzene rings is 2. The van der Waals surface area contributed by atoms with Crippen LogP contribution in [0.4, 0.5) is 10.5 Å². The first kappa shape index (κ1) is 17.1. The molecule has 136 valence electrons. The molecule has 4 heteroatoms. The second-order valence-electron chi connectivity index (χ2n) is 7.52. The Labute approximate surface area is 155 Å². The molecule has 0 atom stereocenters. The molecule has 0 spiro atoms. The number of carbonyl (C=O) groups is 1. The largest absolute Gasteiger partial charge is 0.335 e. The summed E-state index contributed by atoms with van der Waals surface area (Å²) in [6.45, 7) is 6.01. The van der Waals surface area contributed by atoms with Gasteiger partial charge in [-0.05, 0) is 43.4 Å². The molecule has 0 bridgehead atoms. The number of fused-ring (bicyclic) bond motifs is 1. The van der Waals surface area contributed by atoms with Crippen LogP contribution in [0.15, 0.2) is 48.5 Å². The van der Waals surface area contributed by atoms with Crippen LogP contribution < -0.4 is 10.2 Å². The van der Waals surface area contributed by atoms with Gasteiger partial charge in [-0.1, -0.05) is 48.0 Å². The summed E-state index contributed by atoms with van der Waals surface area (Å²) in [4.78, 5) is 17.1. The van der Waals surface area contributed by atoms with Crippen LogP contribution in [0.2, 0.25) is 0 Å². The number of urea groups is 1. The second-order valence-corrected chi connectivity index (χ2v) is 7.52. The molecule has 0 aliphatic carbocycles. The molecule has 2 heterocycles. The first-order valence-electron chi connectivity index (χ1n) is 9.63. The van der Waals surface area contributed by atoms with Gasteiger partial charge < -0.3 is 5.32 Å². The number of para-hydroxylation sites is 1. The van der Waals surface area contributed by atoms with Crippen molar-refractivity contribution in [2.75, 3.05) is 24.5 Å². The first-order valence-corrected chi connectivity index (χ1v) is 9.63. The Kier molecular flexibility index (Phi) is 4.93. The summed E-state index contributed by atoms with van der Waals surface area (Å²) in [5.41, 5.74) is 5.04. The fraction of sp³-hybridized carbons (Fsp3) is 0.409. The molecular formula is C22H27N3O. The van der Waals surface area contributed by atoms with Gasteiger partial charge in [-0.25, -0.2) is 4.79 Å². The molecule has 2 aliphatic heterocycles. The zero-order valence-electron chi connectivity index (χ0n) is 15.4. The normalized spacial score (nSPS) is 18.0. The lowest BCUT2D eigenvalue weighted by Crippen LogP contribution is -2.48. The van der Waals surface area contributed by atoms with Crippen molar-refractivity contribution in [3.63, 3.8) is 0 Å². The molecular weight excluding hydrogens is 322 g/mol. The third kappa shape index (κ3) is 3.75. The lowest BCUT2D eigenvalue weighted by molar-refractivity contribution is 0.188. The quantitative estimate of drug-likeness (QED) is 0.916. The molecule has 0 aromatic heterocycles. The Hall–Kier alpha value is -2.33. The molecule has 0 unspecified atom stereocenters. The molecule has 1 fully saturated rings. The number of likely N-dealkylation sites (tertiary alicyclic amines) is 1. The lowest BCUT2D eigenvalue weighted by atomic mass is 10.0. The Morgan fingerprint density at radius 3 is 2.69 bits per heavy atom. The van der Waals surface area contributed by atoms with E-state index in [1.807, 2.05) is 23.1 Å². The number of nitrogens with zero attached hydrogens (tertiary/aromatic N) is 2. The van der Waals surface area contributed by atoms with E-state index in [1.54, 1.807) is 0 Å². The predicted octanol–water partition coefficient (Wildman–Crippen LogP) is 3.73. The van der Waals surface area contributed by atoms with Crippen LogP contribution in [0.25, 0.3) is 0 Å². The van der Waals surface area contributed by atoms with Crippen LogP contribution in [-0.4, -0.2) is 36.6 Å². The fourth-order valence-electron chi connectivity index (χ4n) is 4.11. The van der Waals surface area contributed by atoms with Gasteiger partial charge in [0.05, 0.1) is 0 Å². The van der Waals surface area contributed by atoms with Crippen LogP contribution in [0.1, 0.15) is 29.5 Å². The molecule has 2 aromatic rings. The van der Waals surface area contributed by atoms with Crippen molar-refractivity contribution in [1.29, 1.82) is 0 Å². The van der Waals surface area contributed by atoms with Gasteiger partial charge in [0.15, 0.2) is 0 Å². The molecule has 2 aliphatic rings. The molecule has 4 nitrogen and oxygen atoms in total. The summed E-state index contributed by atoms with van der Waals surface area (Å²) in [6, 6.07) is 17.3. The molecule has 4 rings (SSSR count). The Morgan fingerprint density at radius 2 is 1.88 bits per heavy atom. The van der Waals surface area contributed by atoms with Crippen LogP contribution in [0.3, 0.4) is 0 Å². The van der Waals surface area contributed by atoms with E-state index >= 15 is 0 Å². The molecule has 0 radical (unpaired) electrons. The topological polar surface area (TPSA) is 35.6 Å². The van der Waals surface area contributed by atoms with Gasteiger partial charge in [0.2, 0.25) is 0 Å². The number of aryl methyl sites for hydroxylation is 1. The predicted molar refractivity (Wildman–Crippen MR) is 106 cm³/mol. The smallest absolute Gasteiger partial charge is 0.322 e. The highest BCUT2D eigenvalue weighted by atomic mass is 16.2. The number of amides is 2. The zero-order chi connectivity index (χ0) is 17.9. The van der Waals surface area contributed by atoms with Crippen LogP contribution in [-0.2, 0) is 13.0 Å². The van der Waals surface area contributed by atoms with Gasteiger partial charge in [0.1, 0.15) is 0 Å². The van der Waals surface area contributed by atoms with Crippen molar-refractivity contribution >= 4 is 11.7 Å². The fourth-order valence-corrected chi connectivity index (χ4v) is 4.11. The number of rotatable bonds is 3. The van der Waals surface area contributed by atoms with Gasteiger partial charge in [-0.3, -0.25) is 9.80 Å². The Balaban J connectivity index is 1.28. The summed E-state index contributed by atoms with van der Waals surface area (Å²) in [5, 5.41) is 3.26. The minimum Gasteiger partial charge on any atom is -0.335 e. The van der Waals surface area contributed by atoms with Crippen LogP contribution in [0.5, 0.6) is 0 Å². The number of anilines is 1. The number of piperidine rings is 1. The van der Waals surface area contributed by atoms with Gasteiger partial charge >= 0.3 is 6.03 Å². The van der Waals surface area contributed by atoms with E-state index in [0.29, 0.717) is 0 Å². The van der Waals surface area contributed by atoms with E-state index in [-0.39, 0.29) is 12.1 Å². The van der Waals surface area contributed by atoms with Gasteiger partial charge in [0, 0.05) is 37.9 Å². The zero-order valence-corrected chi connectivity index (χ0v) is 15.4. The van der Waals surface area contributed by atoms with Crippen LogP contribution in [0, 0.1) is 6.92 Å². The third-order valence-electron chi connectivity index (χ3n) is 5.54. The summed E-state index contributed by atoms with van der Waals surface area (Å²) < 4.78 is 0. The van der Waals surface area contributed by atoms with E-state index < -0.39 is 0 Å². The molecule has 1 saturated heterocycles. The molecule has 2 aromatic carbocycles. The molecule has 2 amide bonds. The molecule has 1 N–H and O–H groups in total. The summed E-state index contributed by atoms with van der Waals surface area (Å²) >= 11 is 0. The van der Waals surface area contributed by atoms with E-state index in [4.69, 9.17) is 0 Å². The van der Waals surface area contributed by atoms with E-state index in [0.717, 1.165) is 51.1 Å². The third-order valence-corrected chi connectivity index (χ3v) is 5.54. The highest BCUT2D eigenvalue weighted by Gasteiger charge is 2.27. The minimum atomic E-state index is 0.0621. The van der Waals surface area contributed by atoms with Crippen molar-refractivity contribution in [3.05, 3.63) is 65.2 Å². The average Bonchev–Trinajstić information content (AvgIpc) is 3.08. The lowest BCUT2D eigenvalue weighted by Gasteiger charge is -2.33. The van der Waals surface area contributed by atoms with Crippen molar-refractivity contribution in [1.82, 2.24) is 10.2 Å². The second kappa shape index (κ2) is 7.50. The average molecular weight is 349 g/mol. The number of hydrogen-bond donors (Lipinski definition) is 1. The summed E-state index contributed by atoms with van der Waals surface area (Å²) in [6.07, 6.45) is 3.00. The van der Waals surface area contributed by atoms with Crippen LogP contribution >= 0.6 is 0 Å². The maximum atomic E-state index is 12.7. The summed E-state index contributed by atoms with van der Waals surface area (Å²) in [5.74, 6) is 0. The monoisotopic (exact) mass is 349 g/mol. The SMILES string of the molecule is Cc1cccc(CN2CCC(NC(=O)N3CCc4ccccc43)CC2)c1. The standard InChI is InChI=1S/C22H27N3O/c1-17-5-4-6-18(15-17)16-24-12-10-20(11-13-24)23-22(26)25-14-9-19-7-2-3-8-21(19)25/h2-8,15,20H,9-14,16H2,1H3,(H,23,26). The minimum absolute atomic E-state index is 0.0621. The maximum absolute atomic E-state index is 12.7. The highest BCUT2D eigenvalue weighted by molar-refractivity contribution is 5.94.